The Kier molecular flexibility index (Phi) is 7.05. The van der Waals surface area contributed by atoms with Crippen LogP contribution in [0.1, 0.15) is 71.1 Å². The Bertz CT molecular complexity index is 598. The fourth-order valence-corrected chi connectivity index (χ4v) is 4.59. The maximum atomic E-state index is 12.2. The van der Waals surface area contributed by atoms with Crippen molar-refractivity contribution < 1.29 is 14.4 Å². The van der Waals surface area contributed by atoms with Crippen LogP contribution < -0.4 is 10.6 Å². The van der Waals surface area contributed by atoms with Crippen LogP contribution >= 0.6 is 0 Å². The van der Waals surface area contributed by atoms with Crippen molar-refractivity contribution in [3.05, 3.63) is 11.6 Å². The molecule has 0 atom stereocenters. The van der Waals surface area contributed by atoms with Gasteiger partial charge in [0.15, 0.2) is 0 Å². The molecule has 150 valence electrons. The van der Waals surface area contributed by atoms with Crippen LogP contribution in [-0.2, 0) is 14.4 Å². The van der Waals surface area contributed by atoms with Crippen molar-refractivity contribution in [2.75, 3.05) is 7.05 Å². The summed E-state index contributed by atoms with van der Waals surface area (Å²) in [6, 6.07) is 0.852. The van der Waals surface area contributed by atoms with E-state index in [0.717, 1.165) is 63.5 Å². The van der Waals surface area contributed by atoms with Crippen LogP contribution in [0.15, 0.2) is 16.8 Å². The zero-order valence-electron chi connectivity index (χ0n) is 16.6. The lowest BCUT2D eigenvalue weighted by atomic mass is 9.79. The molecule has 0 aromatic heterocycles. The average Bonchev–Trinajstić information content (AvgIpc) is 3.04. The van der Waals surface area contributed by atoms with E-state index in [9.17, 15) is 9.59 Å². The van der Waals surface area contributed by atoms with E-state index < -0.39 is 0 Å². The zero-order valence-corrected chi connectivity index (χ0v) is 16.6. The SMILES string of the molecule is CCCC(=O)NC1CCC(C2=NOC(=O)C2=CC2CCC(NC)CC2)CC1. The Balaban J connectivity index is 1.56. The smallest absolute Gasteiger partial charge is 0.353 e. The van der Waals surface area contributed by atoms with E-state index in [-0.39, 0.29) is 23.8 Å². The van der Waals surface area contributed by atoms with Crippen LogP contribution in [0, 0.1) is 11.8 Å². The Hall–Kier alpha value is -1.69. The Morgan fingerprint density at radius 3 is 2.41 bits per heavy atom. The molecule has 2 aliphatic carbocycles. The fraction of sp³-hybridized carbons (Fsp3) is 0.762. The molecule has 27 heavy (non-hydrogen) atoms. The molecule has 0 unspecified atom stereocenters. The highest BCUT2D eigenvalue weighted by atomic mass is 16.7. The minimum atomic E-state index is -0.292. The standard InChI is InChI=1S/C21H33N3O3/c1-3-4-19(25)23-17-11-7-15(8-12-17)20-18(21(26)27-24-20)13-14-5-9-16(22-2)10-6-14/h13-17,22H,3-12H2,1-2H3,(H,23,25). The van der Waals surface area contributed by atoms with Gasteiger partial charge in [-0.05, 0) is 70.8 Å². The van der Waals surface area contributed by atoms with Gasteiger partial charge in [0, 0.05) is 24.4 Å². The van der Waals surface area contributed by atoms with Crippen molar-refractivity contribution in [2.45, 2.75) is 83.2 Å². The molecule has 0 aromatic carbocycles. The second kappa shape index (κ2) is 9.49. The third kappa shape index (κ3) is 5.18. The molecular weight excluding hydrogens is 342 g/mol. The maximum absolute atomic E-state index is 12.2. The average molecular weight is 376 g/mol. The van der Waals surface area contributed by atoms with Crippen molar-refractivity contribution in [3.8, 4) is 0 Å². The second-order valence-electron chi connectivity index (χ2n) is 8.20. The van der Waals surface area contributed by atoms with E-state index in [4.69, 9.17) is 4.84 Å². The number of allylic oxidation sites excluding steroid dienone is 1. The number of rotatable bonds is 6. The molecule has 0 aromatic rings. The predicted octanol–water partition coefficient (Wildman–Crippen LogP) is 3.08. The molecular formula is C21H33N3O3. The highest BCUT2D eigenvalue weighted by molar-refractivity contribution is 6.23. The number of nitrogens with one attached hydrogen (secondary N) is 2. The summed E-state index contributed by atoms with van der Waals surface area (Å²) in [5, 5.41) is 10.6. The molecule has 0 radical (unpaired) electrons. The van der Waals surface area contributed by atoms with Gasteiger partial charge in [0.1, 0.15) is 0 Å². The third-order valence-electron chi connectivity index (χ3n) is 6.26. The number of hydrogen-bond acceptors (Lipinski definition) is 5. The molecule has 2 N–H and O–H groups in total. The number of carbonyl (C=O) groups excluding carboxylic acids is 2. The third-order valence-corrected chi connectivity index (χ3v) is 6.26. The molecule has 6 heteroatoms. The monoisotopic (exact) mass is 375 g/mol. The number of oxime groups is 1. The first-order chi connectivity index (χ1) is 13.1. The summed E-state index contributed by atoms with van der Waals surface area (Å²) in [5.41, 5.74) is 1.54. The predicted molar refractivity (Wildman–Crippen MR) is 105 cm³/mol. The molecule has 1 heterocycles. The summed E-state index contributed by atoms with van der Waals surface area (Å²) < 4.78 is 0. The molecule has 2 saturated carbocycles. The van der Waals surface area contributed by atoms with Gasteiger partial charge in [0.05, 0.1) is 11.3 Å². The van der Waals surface area contributed by atoms with E-state index in [1.165, 1.54) is 0 Å². The van der Waals surface area contributed by atoms with E-state index in [1.807, 2.05) is 14.0 Å². The summed E-state index contributed by atoms with van der Waals surface area (Å²) in [6.45, 7) is 2.02. The Morgan fingerprint density at radius 2 is 1.78 bits per heavy atom. The van der Waals surface area contributed by atoms with Crippen LogP contribution in [-0.4, -0.2) is 36.7 Å². The number of amides is 1. The molecule has 1 aliphatic heterocycles. The molecule has 1 amide bonds. The molecule has 0 bridgehead atoms. The zero-order chi connectivity index (χ0) is 19.2. The first-order valence-corrected chi connectivity index (χ1v) is 10.6. The molecule has 3 rings (SSSR count). The first-order valence-electron chi connectivity index (χ1n) is 10.6. The quantitative estimate of drug-likeness (QED) is 0.552. The van der Waals surface area contributed by atoms with Gasteiger partial charge in [-0.1, -0.05) is 18.2 Å². The topological polar surface area (TPSA) is 79.8 Å². The molecule has 0 spiro atoms. The van der Waals surface area contributed by atoms with Crippen molar-refractivity contribution in [1.29, 1.82) is 0 Å². The summed E-state index contributed by atoms with van der Waals surface area (Å²) >= 11 is 0. The summed E-state index contributed by atoms with van der Waals surface area (Å²) in [7, 11) is 2.02. The molecule has 3 aliphatic rings. The van der Waals surface area contributed by atoms with E-state index in [0.29, 0.717) is 24.0 Å². The van der Waals surface area contributed by atoms with Crippen molar-refractivity contribution in [1.82, 2.24) is 10.6 Å². The van der Waals surface area contributed by atoms with E-state index >= 15 is 0 Å². The van der Waals surface area contributed by atoms with Gasteiger partial charge in [-0.15, -0.1) is 0 Å². The van der Waals surface area contributed by atoms with Crippen LogP contribution in [0.2, 0.25) is 0 Å². The van der Waals surface area contributed by atoms with Crippen LogP contribution in [0.25, 0.3) is 0 Å². The van der Waals surface area contributed by atoms with Gasteiger partial charge in [0.2, 0.25) is 5.91 Å². The van der Waals surface area contributed by atoms with Crippen molar-refractivity contribution in [2.24, 2.45) is 17.0 Å². The van der Waals surface area contributed by atoms with Gasteiger partial charge in [-0.25, -0.2) is 4.79 Å². The van der Waals surface area contributed by atoms with Gasteiger partial charge in [-0.3, -0.25) is 4.79 Å². The minimum absolute atomic E-state index is 0.149. The van der Waals surface area contributed by atoms with Gasteiger partial charge in [-0.2, -0.15) is 0 Å². The Morgan fingerprint density at radius 1 is 1.11 bits per heavy atom. The largest absolute Gasteiger partial charge is 0.367 e. The van der Waals surface area contributed by atoms with E-state index in [1.54, 1.807) is 0 Å². The minimum Gasteiger partial charge on any atom is -0.353 e. The van der Waals surface area contributed by atoms with Crippen molar-refractivity contribution in [3.63, 3.8) is 0 Å². The normalized spacial score (nSPS) is 32.9. The molecule has 2 fully saturated rings. The first kappa shape index (κ1) is 20.1. The Labute approximate surface area is 162 Å². The highest BCUT2D eigenvalue weighted by Crippen LogP contribution is 2.33. The lowest BCUT2D eigenvalue weighted by Crippen LogP contribution is -2.38. The van der Waals surface area contributed by atoms with Gasteiger partial charge in [0.25, 0.3) is 0 Å². The van der Waals surface area contributed by atoms with Crippen LogP contribution in [0.3, 0.4) is 0 Å². The lowest BCUT2D eigenvalue weighted by molar-refractivity contribution is -0.136. The summed E-state index contributed by atoms with van der Waals surface area (Å²) in [6.07, 6.45) is 11.9. The van der Waals surface area contributed by atoms with Gasteiger partial charge < -0.3 is 15.5 Å². The number of hydrogen-bond donors (Lipinski definition) is 2. The van der Waals surface area contributed by atoms with E-state index in [2.05, 4.69) is 21.9 Å². The fourth-order valence-electron chi connectivity index (χ4n) is 4.59. The maximum Gasteiger partial charge on any atom is 0.367 e. The van der Waals surface area contributed by atoms with Crippen molar-refractivity contribution >= 4 is 17.6 Å². The molecule has 0 saturated heterocycles. The van der Waals surface area contributed by atoms with Crippen LogP contribution in [0.4, 0.5) is 0 Å². The summed E-state index contributed by atoms with van der Waals surface area (Å²) in [5.74, 6) is 0.551. The number of nitrogens with zero attached hydrogens (tertiary/aromatic N) is 1. The molecule has 6 nitrogen and oxygen atoms in total. The number of carbonyl (C=O) groups is 2. The highest BCUT2D eigenvalue weighted by Gasteiger charge is 2.35. The lowest BCUT2D eigenvalue weighted by Gasteiger charge is -2.29. The van der Waals surface area contributed by atoms with Crippen LogP contribution in [0.5, 0.6) is 0 Å². The second-order valence-corrected chi connectivity index (χ2v) is 8.20. The van der Waals surface area contributed by atoms with Gasteiger partial charge >= 0.3 is 5.97 Å². The summed E-state index contributed by atoms with van der Waals surface area (Å²) in [4.78, 5) is 29.1.